The van der Waals surface area contributed by atoms with Gasteiger partial charge in [-0.3, -0.25) is 9.56 Å². The molecule has 0 spiro atoms. The Morgan fingerprint density at radius 3 is 1.23 bits per heavy atom. The highest BCUT2D eigenvalue weighted by Gasteiger charge is 2.30. The Morgan fingerprint density at radius 2 is 0.795 bits per heavy atom. The molecule has 4 aromatic carbocycles. The van der Waals surface area contributed by atoms with E-state index in [1.807, 2.05) is 73.0 Å². The van der Waals surface area contributed by atoms with E-state index in [-0.39, 0.29) is 41.8 Å². The molecule has 18 rings (SSSR count). The second-order valence-corrected chi connectivity index (χ2v) is 46.3. The second kappa shape index (κ2) is 41.5. The number of phenols is 1. The number of aromatic nitrogens is 17. The number of morpholine rings is 5. The molecule has 6 aliphatic heterocycles. The third kappa shape index (κ3) is 25.9. The number of rotatable bonds is 15. The maximum absolute atomic E-state index is 14.2. The van der Waals surface area contributed by atoms with Crippen molar-refractivity contribution in [2.45, 2.75) is 78.3 Å². The number of para-hydroxylation sites is 3. The van der Waals surface area contributed by atoms with E-state index >= 15 is 0 Å². The standard InChI is InChI=1S/C19H22FN5O2S.C18H22N6O2S.C17H21N7O2S.C17H22N4O3S.C16H22N6O2S/c1-12-11-27-5-4-25(12)18-8-17(24-28(2,3)26)22-19(23-18)15-7-14(20)6-13-9-21-10-16(13)15;1-13-11-26-9-8-23(13)17-10-16(22-27(2,3)25)20-18(21-17)24-12-19-14-6-4-5-7-15(14)24;1-12-11-26-9-8-23(12)16-10-15(21-27(2,3)25)18-17(19-16)24-14-7-5-4-6-13(14)20-22-24;1-12-11-24-8-7-21(12)16-10-15(20-25(2,3)23)18-17(19-16)13-5-4-6-14(22)9-13;1-11-10-24-6-5-22(11)15-7-14(21-25(3,4)23)19-16(20-15)13-8-17-12(2)18-9-13/h6-8,10,12H,4-5,9,11H2,1-3H3;4-7,10,12-13H,8-9,11H2,1-3H3;4-7,10,12H,8-9,11H2,1-3H3;4-6,9-10,12,22H,7-8,11H2,1-3H3;7-9,11H,5-6,10H2,1-4H3/t12-;13-;2*12-;11-/m11111/s1. The highest BCUT2D eigenvalue weighted by atomic mass is 32.2. The number of phenolic OH excluding ortho intramolecular Hbond substituents is 1. The number of aryl methyl sites for hydroxylation is 1. The number of aliphatic imine (C=N–C) groups is 1. The van der Waals surface area contributed by atoms with Crippen LogP contribution in [-0.4, -0.2) is 308 Å². The van der Waals surface area contributed by atoms with E-state index in [1.165, 1.54) is 12.1 Å². The van der Waals surface area contributed by atoms with Crippen LogP contribution < -0.4 is 24.5 Å². The van der Waals surface area contributed by atoms with Crippen molar-refractivity contribution in [2.75, 3.05) is 186 Å². The van der Waals surface area contributed by atoms with Crippen molar-refractivity contribution >= 4 is 135 Å². The Balaban J connectivity index is 0.000000133. The van der Waals surface area contributed by atoms with Crippen molar-refractivity contribution in [2.24, 2.45) is 26.8 Å². The fraction of sp³-hybridized carbons (Fsp3) is 0.425. The Kier molecular flexibility index (Phi) is 30.3. The zero-order chi connectivity index (χ0) is 94.0. The molecule has 5 atom stereocenters. The van der Waals surface area contributed by atoms with E-state index in [1.54, 1.807) is 141 Å². The van der Waals surface area contributed by atoms with Crippen LogP contribution in [0.5, 0.6) is 5.75 Å². The van der Waals surface area contributed by atoms with Gasteiger partial charge in [0.1, 0.15) is 58.3 Å². The fourth-order valence-corrected chi connectivity index (χ4v) is 17.5. The van der Waals surface area contributed by atoms with Gasteiger partial charge in [0.05, 0.1) is 125 Å². The quantitative estimate of drug-likeness (QED) is 0.0996. The molecule has 45 heteroatoms. The SMILES string of the molecule is C[C@@H]1COCCN1c1cc(N=S(C)(C)=O)nc(-c2cc(F)cc3c2C=NC3)n1.C[C@@H]1COCCN1c1cc(N=S(C)(C)=O)nc(-c2cccc(O)c2)n1.C[C@@H]1COCCN1c1cc(N=S(C)(C)=O)nc(-n2cnc3ccccc32)n1.C[C@@H]1COCCN1c1cc(N=S(C)(C)=O)nc(-n2nnc3ccccc32)n1.Cc1ncc(-c2nc(N=S(C)(C)=O)cc(N3CCOC[C@H]3C)n2)cn1. The monoisotopic (exact) mass is 1900 g/mol. The number of hydrogen-bond acceptors (Lipinski definition) is 37. The third-order valence-electron chi connectivity index (χ3n) is 20.7. The summed E-state index contributed by atoms with van der Waals surface area (Å²) in [5, 5.41) is 18.1. The van der Waals surface area contributed by atoms with E-state index in [9.17, 15) is 30.5 Å². The molecule has 14 heterocycles. The van der Waals surface area contributed by atoms with E-state index in [0.717, 1.165) is 57.9 Å². The molecule has 700 valence electrons. The number of imidazole rings is 1. The van der Waals surface area contributed by atoms with E-state index in [4.69, 9.17) is 38.6 Å². The topological polar surface area (TPSA) is 445 Å². The summed E-state index contributed by atoms with van der Waals surface area (Å²) >= 11 is 0. The van der Waals surface area contributed by atoms with Crippen LogP contribution in [0, 0.1) is 12.7 Å². The maximum Gasteiger partial charge on any atom is 0.256 e. The van der Waals surface area contributed by atoms with E-state index in [2.05, 4.69) is 139 Å². The second-order valence-electron chi connectivity index (χ2n) is 33.6. The summed E-state index contributed by atoms with van der Waals surface area (Å²) < 4.78 is 127. The van der Waals surface area contributed by atoms with Crippen molar-refractivity contribution in [3.8, 4) is 51.8 Å². The average Bonchev–Trinajstić information content (AvgIpc) is 0.958. The van der Waals surface area contributed by atoms with Crippen LogP contribution in [0.2, 0.25) is 0 Å². The number of hydrogen-bond donors (Lipinski definition) is 1. The van der Waals surface area contributed by atoms with Gasteiger partial charge in [-0.2, -0.15) is 46.4 Å². The first-order chi connectivity index (χ1) is 62.7. The van der Waals surface area contributed by atoms with Gasteiger partial charge in [-0.15, -0.1) is 5.10 Å². The molecule has 132 heavy (non-hydrogen) atoms. The number of nitrogens with zero attached hydrogens (tertiary/aromatic N) is 28. The lowest BCUT2D eigenvalue weighted by Crippen LogP contribution is -2.44. The van der Waals surface area contributed by atoms with E-state index in [0.29, 0.717) is 191 Å². The lowest BCUT2D eigenvalue weighted by atomic mass is 10.0. The largest absolute Gasteiger partial charge is 0.508 e. The first kappa shape index (κ1) is 96.2. The number of ether oxygens (including phenoxy) is 5. The smallest absolute Gasteiger partial charge is 0.256 e. The van der Waals surface area contributed by atoms with Gasteiger partial charge in [0, 0.05) is 210 Å². The Hall–Kier alpha value is -11.8. The molecule has 6 aliphatic rings. The molecule has 39 nitrogen and oxygen atoms in total. The predicted octanol–water partition coefficient (Wildman–Crippen LogP) is 11.3. The zero-order valence-electron chi connectivity index (χ0n) is 76.5. The minimum atomic E-state index is -2.42. The van der Waals surface area contributed by atoms with Crippen molar-refractivity contribution in [1.29, 1.82) is 0 Å². The number of benzene rings is 4. The molecule has 0 radical (unpaired) electrons. The van der Waals surface area contributed by atoms with Crippen molar-refractivity contribution in [3.05, 3.63) is 157 Å². The molecule has 0 aliphatic carbocycles. The minimum absolute atomic E-state index is 0.122. The predicted molar refractivity (Wildman–Crippen MR) is 515 cm³/mol. The molecule has 0 unspecified atom stereocenters. The molecule has 5 fully saturated rings. The summed E-state index contributed by atoms with van der Waals surface area (Å²) in [6.07, 6.45) is 22.6. The van der Waals surface area contributed by atoms with E-state index < -0.39 is 48.6 Å². The number of anilines is 5. The molecule has 0 saturated carbocycles. The molecular formula is C87H109FN28O11S5. The van der Waals surface area contributed by atoms with Crippen LogP contribution in [-0.2, 0) is 78.9 Å². The van der Waals surface area contributed by atoms with Gasteiger partial charge in [0.15, 0.2) is 46.6 Å². The number of aromatic hydroxyl groups is 1. The van der Waals surface area contributed by atoms with Crippen LogP contribution in [0.15, 0.2) is 161 Å². The van der Waals surface area contributed by atoms with Crippen molar-refractivity contribution in [3.63, 3.8) is 0 Å². The maximum atomic E-state index is 14.2. The van der Waals surface area contributed by atoms with Gasteiger partial charge >= 0.3 is 0 Å². The summed E-state index contributed by atoms with van der Waals surface area (Å²) in [4.78, 5) is 73.6. The van der Waals surface area contributed by atoms with Gasteiger partial charge < -0.3 is 53.3 Å². The summed E-state index contributed by atoms with van der Waals surface area (Å²) in [7, 11) is -11.8. The van der Waals surface area contributed by atoms with Crippen molar-refractivity contribution in [1.82, 2.24) is 84.4 Å². The average molecular weight is 1900 g/mol. The highest BCUT2D eigenvalue weighted by molar-refractivity contribution is 7.93. The summed E-state index contributed by atoms with van der Waals surface area (Å²) in [6.45, 7) is 22.4. The summed E-state index contributed by atoms with van der Waals surface area (Å²) in [5.74, 6) is 7.95. The Morgan fingerprint density at radius 1 is 0.409 bits per heavy atom. The van der Waals surface area contributed by atoms with Gasteiger partial charge in [-0.05, 0) is 95.6 Å². The van der Waals surface area contributed by atoms with Gasteiger partial charge in [0.2, 0.25) is 5.95 Å². The molecular weight excluding hydrogens is 1790 g/mol. The molecule has 0 bridgehead atoms. The van der Waals surface area contributed by atoms with Crippen LogP contribution >= 0.6 is 0 Å². The summed E-state index contributed by atoms with van der Waals surface area (Å²) in [5.41, 5.74) is 6.87. The Labute approximate surface area is 768 Å². The van der Waals surface area contributed by atoms with Gasteiger partial charge in [0.25, 0.3) is 5.95 Å². The molecule has 5 saturated heterocycles. The number of halogens is 1. The number of fused-ring (bicyclic) bond motifs is 3. The lowest BCUT2D eigenvalue weighted by molar-refractivity contribution is 0.0985. The van der Waals surface area contributed by atoms with Crippen LogP contribution in [0.1, 0.15) is 51.6 Å². The lowest BCUT2D eigenvalue weighted by Gasteiger charge is -2.34. The molecule has 1 N–H and O–H groups in total. The normalized spacial score (nSPS) is 18.3. The Bertz CT molecular complexity index is 6730. The van der Waals surface area contributed by atoms with Crippen LogP contribution in [0.3, 0.4) is 0 Å². The molecule has 8 aromatic heterocycles. The van der Waals surface area contributed by atoms with Crippen LogP contribution in [0.25, 0.3) is 68.1 Å². The van der Waals surface area contributed by atoms with Gasteiger partial charge in [-0.25, -0.2) is 70.3 Å². The van der Waals surface area contributed by atoms with Gasteiger partial charge in [-0.1, -0.05) is 41.6 Å². The van der Waals surface area contributed by atoms with Crippen LogP contribution in [0.4, 0.5) is 62.6 Å². The summed E-state index contributed by atoms with van der Waals surface area (Å²) in [6, 6.07) is 34.6. The van der Waals surface area contributed by atoms with Crippen molar-refractivity contribution < 1.29 is 54.2 Å². The minimum Gasteiger partial charge on any atom is -0.508 e. The first-order valence-corrected chi connectivity index (χ1v) is 54.1. The first-order valence-electron chi connectivity index (χ1n) is 42.4. The molecule has 0 amide bonds. The zero-order valence-corrected chi connectivity index (χ0v) is 80.5. The highest BCUT2D eigenvalue weighted by Crippen LogP contribution is 2.36. The third-order valence-corrected chi connectivity index (χ3v) is 23.8. The fourth-order valence-electron chi connectivity index (χ4n) is 14.8. The molecule has 12 aromatic rings.